The van der Waals surface area contributed by atoms with Gasteiger partial charge in [-0.05, 0) is 30.2 Å². The summed E-state index contributed by atoms with van der Waals surface area (Å²) in [4.78, 5) is 0. The normalized spacial score (nSPS) is 10.7. The Morgan fingerprint density at radius 3 is 2.85 bits per heavy atom. The lowest BCUT2D eigenvalue weighted by molar-refractivity contribution is 0.414. The Labute approximate surface area is 79.0 Å². The SMILES string of the molecule is COc1ccc(C)c(C=CCN)c1. The summed E-state index contributed by atoms with van der Waals surface area (Å²) in [5.41, 5.74) is 7.76. The van der Waals surface area contributed by atoms with E-state index in [1.807, 2.05) is 30.4 Å². The first-order valence-electron chi connectivity index (χ1n) is 4.29. The number of hydrogen-bond acceptors (Lipinski definition) is 2. The maximum Gasteiger partial charge on any atom is 0.119 e. The van der Waals surface area contributed by atoms with Crippen LogP contribution in [0.3, 0.4) is 0 Å². The van der Waals surface area contributed by atoms with Gasteiger partial charge in [0.15, 0.2) is 0 Å². The van der Waals surface area contributed by atoms with Crippen molar-refractivity contribution in [3.8, 4) is 5.75 Å². The first kappa shape index (κ1) is 9.81. The summed E-state index contributed by atoms with van der Waals surface area (Å²) < 4.78 is 5.12. The first-order valence-corrected chi connectivity index (χ1v) is 4.29. The van der Waals surface area contributed by atoms with E-state index in [0.717, 1.165) is 11.3 Å². The third-order valence-corrected chi connectivity index (χ3v) is 1.92. The Morgan fingerprint density at radius 2 is 2.23 bits per heavy atom. The van der Waals surface area contributed by atoms with Crippen molar-refractivity contribution in [3.63, 3.8) is 0 Å². The van der Waals surface area contributed by atoms with E-state index in [2.05, 4.69) is 6.92 Å². The van der Waals surface area contributed by atoms with Crippen LogP contribution in [0, 0.1) is 6.92 Å². The molecule has 0 fully saturated rings. The number of benzene rings is 1. The topological polar surface area (TPSA) is 35.2 Å². The molecule has 1 rings (SSSR count). The molecule has 0 atom stereocenters. The van der Waals surface area contributed by atoms with E-state index in [9.17, 15) is 0 Å². The Bertz CT molecular complexity index is 305. The van der Waals surface area contributed by atoms with Gasteiger partial charge in [0.2, 0.25) is 0 Å². The van der Waals surface area contributed by atoms with Crippen LogP contribution in [0.4, 0.5) is 0 Å². The Balaban J connectivity index is 2.97. The number of nitrogens with two attached hydrogens (primary N) is 1. The highest BCUT2D eigenvalue weighted by Crippen LogP contribution is 2.17. The molecule has 13 heavy (non-hydrogen) atoms. The Hall–Kier alpha value is -1.28. The zero-order chi connectivity index (χ0) is 9.68. The average molecular weight is 177 g/mol. The molecule has 2 nitrogen and oxygen atoms in total. The predicted molar refractivity (Wildman–Crippen MR) is 55.8 cm³/mol. The molecule has 0 aliphatic carbocycles. The third kappa shape index (κ3) is 2.60. The van der Waals surface area contributed by atoms with Crippen molar-refractivity contribution in [1.82, 2.24) is 0 Å². The van der Waals surface area contributed by atoms with Crippen molar-refractivity contribution in [1.29, 1.82) is 0 Å². The van der Waals surface area contributed by atoms with Gasteiger partial charge in [-0.15, -0.1) is 0 Å². The maximum absolute atomic E-state index is 5.38. The average Bonchev–Trinajstić information content (AvgIpc) is 2.17. The number of aryl methyl sites for hydroxylation is 1. The van der Waals surface area contributed by atoms with Crippen LogP contribution in [0.5, 0.6) is 5.75 Å². The van der Waals surface area contributed by atoms with Crippen LogP contribution in [0.15, 0.2) is 24.3 Å². The van der Waals surface area contributed by atoms with Crippen LogP contribution in [-0.4, -0.2) is 13.7 Å². The van der Waals surface area contributed by atoms with E-state index < -0.39 is 0 Å². The minimum atomic E-state index is 0.566. The first-order chi connectivity index (χ1) is 6.27. The molecule has 0 radical (unpaired) electrons. The van der Waals surface area contributed by atoms with Crippen LogP contribution in [0.1, 0.15) is 11.1 Å². The van der Waals surface area contributed by atoms with E-state index in [1.165, 1.54) is 5.56 Å². The summed E-state index contributed by atoms with van der Waals surface area (Å²) in [6.45, 7) is 2.63. The van der Waals surface area contributed by atoms with Gasteiger partial charge in [-0.25, -0.2) is 0 Å². The fourth-order valence-corrected chi connectivity index (χ4v) is 1.12. The van der Waals surface area contributed by atoms with Gasteiger partial charge in [0.25, 0.3) is 0 Å². The molecule has 0 aliphatic rings. The lowest BCUT2D eigenvalue weighted by Crippen LogP contribution is -1.92. The lowest BCUT2D eigenvalue weighted by Gasteiger charge is -2.03. The summed E-state index contributed by atoms with van der Waals surface area (Å²) in [7, 11) is 1.67. The monoisotopic (exact) mass is 177 g/mol. The summed E-state index contributed by atoms with van der Waals surface area (Å²) in [6.07, 6.45) is 3.94. The molecular weight excluding hydrogens is 162 g/mol. The fourth-order valence-electron chi connectivity index (χ4n) is 1.12. The van der Waals surface area contributed by atoms with Crippen molar-refractivity contribution in [2.24, 2.45) is 5.73 Å². The van der Waals surface area contributed by atoms with Gasteiger partial charge in [0, 0.05) is 6.54 Å². The van der Waals surface area contributed by atoms with E-state index >= 15 is 0 Å². The molecule has 0 aliphatic heterocycles. The Morgan fingerprint density at radius 1 is 1.46 bits per heavy atom. The van der Waals surface area contributed by atoms with E-state index in [0.29, 0.717) is 6.54 Å². The van der Waals surface area contributed by atoms with Crippen molar-refractivity contribution in [2.75, 3.05) is 13.7 Å². The number of ether oxygens (including phenoxy) is 1. The highest BCUT2D eigenvalue weighted by molar-refractivity contribution is 5.56. The summed E-state index contributed by atoms with van der Waals surface area (Å²) >= 11 is 0. The van der Waals surface area contributed by atoms with E-state index in [1.54, 1.807) is 7.11 Å². The molecule has 1 aromatic carbocycles. The molecule has 0 saturated carbocycles. The van der Waals surface area contributed by atoms with Gasteiger partial charge >= 0.3 is 0 Å². The zero-order valence-electron chi connectivity index (χ0n) is 8.08. The minimum absolute atomic E-state index is 0.566. The van der Waals surface area contributed by atoms with Crippen LogP contribution < -0.4 is 10.5 Å². The standard InChI is InChI=1S/C11H15NO/c1-9-5-6-11(13-2)8-10(9)4-3-7-12/h3-6,8H,7,12H2,1-2H3. The Kier molecular flexibility index (Phi) is 3.53. The molecule has 2 N–H and O–H groups in total. The summed E-state index contributed by atoms with van der Waals surface area (Å²) in [5.74, 6) is 0.877. The van der Waals surface area contributed by atoms with Crippen LogP contribution >= 0.6 is 0 Å². The lowest BCUT2D eigenvalue weighted by atomic mass is 10.1. The van der Waals surface area contributed by atoms with Crippen LogP contribution in [-0.2, 0) is 0 Å². The second-order valence-electron chi connectivity index (χ2n) is 2.86. The molecule has 0 amide bonds. The molecule has 0 saturated heterocycles. The van der Waals surface area contributed by atoms with E-state index in [4.69, 9.17) is 10.5 Å². The smallest absolute Gasteiger partial charge is 0.119 e. The predicted octanol–water partition coefficient (Wildman–Crippen LogP) is 1.98. The van der Waals surface area contributed by atoms with Crippen LogP contribution in [0.25, 0.3) is 6.08 Å². The van der Waals surface area contributed by atoms with Crippen molar-refractivity contribution >= 4 is 6.08 Å². The van der Waals surface area contributed by atoms with Gasteiger partial charge in [-0.1, -0.05) is 18.2 Å². The van der Waals surface area contributed by atoms with Crippen LogP contribution in [0.2, 0.25) is 0 Å². The van der Waals surface area contributed by atoms with E-state index in [-0.39, 0.29) is 0 Å². The minimum Gasteiger partial charge on any atom is -0.497 e. The molecule has 0 heterocycles. The maximum atomic E-state index is 5.38. The summed E-state index contributed by atoms with van der Waals surface area (Å²) in [5, 5.41) is 0. The quantitative estimate of drug-likeness (QED) is 0.766. The summed E-state index contributed by atoms with van der Waals surface area (Å²) in [6, 6.07) is 5.99. The molecule has 0 spiro atoms. The van der Waals surface area contributed by atoms with Crippen molar-refractivity contribution in [2.45, 2.75) is 6.92 Å². The molecule has 2 heteroatoms. The number of methoxy groups -OCH3 is 1. The van der Waals surface area contributed by atoms with Gasteiger partial charge in [0.05, 0.1) is 7.11 Å². The number of rotatable bonds is 3. The molecular formula is C11H15NO. The van der Waals surface area contributed by atoms with Gasteiger partial charge in [-0.3, -0.25) is 0 Å². The second-order valence-corrected chi connectivity index (χ2v) is 2.86. The highest BCUT2D eigenvalue weighted by Gasteiger charge is 1.96. The van der Waals surface area contributed by atoms with Gasteiger partial charge in [0.1, 0.15) is 5.75 Å². The third-order valence-electron chi connectivity index (χ3n) is 1.92. The number of hydrogen-bond donors (Lipinski definition) is 1. The molecule has 1 aromatic rings. The van der Waals surface area contributed by atoms with Gasteiger partial charge < -0.3 is 10.5 Å². The molecule has 0 aromatic heterocycles. The zero-order valence-corrected chi connectivity index (χ0v) is 8.08. The molecule has 0 bridgehead atoms. The fraction of sp³-hybridized carbons (Fsp3) is 0.273. The molecule has 70 valence electrons. The van der Waals surface area contributed by atoms with Crippen molar-refractivity contribution in [3.05, 3.63) is 35.4 Å². The van der Waals surface area contributed by atoms with Crippen molar-refractivity contribution < 1.29 is 4.74 Å². The largest absolute Gasteiger partial charge is 0.497 e. The molecule has 0 unspecified atom stereocenters. The highest BCUT2D eigenvalue weighted by atomic mass is 16.5. The van der Waals surface area contributed by atoms with Gasteiger partial charge in [-0.2, -0.15) is 0 Å². The second kappa shape index (κ2) is 4.67.